The second-order valence-corrected chi connectivity index (χ2v) is 9.80. The van der Waals surface area contributed by atoms with Crippen molar-refractivity contribution in [3.8, 4) is 11.5 Å². The lowest BCUT2D eigenvalue weighted by molar-refractivity contribution is 0.245. The topological polar surface area (TPSA) is 47.7 Å². The predicted octanol–water partition coefficient (Wildman–Crippen LogP) is 6.86. The van der Waals surface area contributed by atoms with Gasteiger partial charge in [-0.1, -0.05) is 78.4 Å². The van der Waals surface area contributed by atoms with Crippen molar-refractivity contribution in [2.45, 2.75) is 53.6 Å². The number of hydrogen-bond donors (Lipinski definition) is 1. The van der Waals surface area contributed by atoms with Gasteiger partial charge in [0, 0.05) is 26.2 Å². The van der Waals surface area contributed by atoms with Crippen LogP contribution in [0.4, 0.5) is 0 Å². The van der Waals surface area contributed by atoms with E-state index in [9.17, 15) is 0 Å². The summed E-state index contributed by atoms with van der Waals surface area (Å²) in [6.45, 7) is 10.2. The van der Waals surface area contributed by atoms with E-state index in [0.717, 1.165) is 42.3 Å². The van der Waals surface area contributed by atoms with Gasteiger partial charge in [0.25, 0.3) is 0 Å². The molecule has 0 bridgehead atoms. The molecule has 2 N–H and O–H groups in total. The Bertz CT molecular complexity index is 1280. The number of nitrogens with zero attached hydrogens (tertiary/aromatic N) is 1. The summed E-state index contributed by atoms with van der Waals surface area (Å²) < 4.78 is 11.8. The van der Waals surface area contributed by atoms with Crippen LogP contribution in [0.25, 0.3) is 0 Å². The van der Waals surface area contributed by atoms with Gasteiger partial charge in [0.05, 0.1) is 7.11 Å². The van der Waals surface area contributed by atoms with E-state index >= 15 is 0 Å². The highest BCUT2D eigenvalue weighted by Crippen LogP contribution is 2.30. The van der Waals surface area contributed by atoms with E-state index in [1.165, 1.54) is 33.4 Å². The maximum absolute atomic E-state index is 6.08. The van der Waals surface area contributed by atoms with Crippen molar-refractivity contribution in [2.24, 2.45) is 5.73 Å². The second kappa shape index (κ2) is 12.6. The average molecular weight is 495 g/mol. The molecule has 192 valence electrons. The average Bonchev–Trinajstić information content (AvgIpc) is 2.90. The minimum atomic E-state index is 0.507. The summed E-state index contributed by atoms with van der Waals surface area (Å²) in [7, 11) is 1.70. The van der Waals surface area contributed by atoms with E-state index < -0.39 is 0 Å². The van der Waals surface area contributed by atoms with Crippen LogP contribution >= 0.6 is 0 Å². The third-order valence-electron chi connectivity index (χ3n) is 6.76. The lowest BCUT2D eigenvalue weighted by Gasteiger charge is -2.25. The first-order valence-corrected chi connectivity index (χ1v) is 12.9. The van der Waals surface area contributed by atoms with Crippen LogP contribution in [0.15, 0.2) is 84.9 Å². The van der Waals surface area contributed by atoms with Gasteiger partial charge in [-0.15, -0.1) is 0 Å². The van der Waals surface area contributed by atoms with Gasteiger partial charge in [0.1, 0.15) is 6.61 Å². The summed E-state index contributed by atoms with van der Waals surface area (Å²) in [5, 5.41) is 0. The Labute approximate surface area is 221 Å². The van der Waals surface area contributed by atoms with Crippen LogP contribution in [0, 0.1) is 20.8 Å². The summed E-state index contributed by atoms with van der Waals surface area (Å²) in [5.41, 5.74) is 15.9. The lowest BCUT2D eigenvalue weighted by Crippen LogP contribution is -2.23. The highest BCUT2D eigenvalue weighted by Gasteiger charge is 2.14. The Kier molecular flexibility index (Phi) is 8.99. The van der Waals surface area contributed by atoms with Crippen LogP contribution in [-0.2, 0) is 32.8 Å². The number of ether oxygens (including phenoxy) is 2. The van der Waals surface area contributed by atoms with Crippen molar-refractivity contribution in [2.75, 3.05) is 7.11 Å². The minimum absolute atomic E-state index is 0.507. The van der Waals surface area contributed by atoms with Crippen LogP contribution in [0.2, 0.25) is 0 Å². The number of rotatable bonds is 11. The lowest BCUT2D eigenvalue weighted by atomic mass is 9.99. The van der Waals surface area contributed by atoms with Crippen LogP contribution in [0.3, 0.4) is 0 Å². The number of methoxy groups -OCH3 is 1. The molecule has 0 radical (unpaired) electrons. The highest BCUT2D eigenvalue weighted by atomic mass is 16.5. The molecule has 0 aliphatic heterocycles. The fourth-order valence-corrected chi connectivity index (χ4v) is 4.81. The quantitative estimate of drug-likeness (QED) is 0.247. The summed E-state index contributed by atoms with van der Waals surface area (Å²) in [4.78, 5) is 2.49. The minimum Gasteiger partial charge on any atom is -0.493 e. The van der Waals surface area contributed by atoms with E-state index in [-0.39, 0.29) is 0 Å². The highest BCUT2D eigenvalue weighted by molar-refractivity contribution is 5.43. The van der Waals surface area contributed by atoms with E-state index in [2.05, 4.69) is 86.3 Å². The molecule has 4 rings (SSSR count). The predicted molar refractivity (Wildman–Crippen MR) is 152 cm³/mol. The van der Waals surface area contributed by atoms with E-state index in [1.807, 2.05) is 24.3 Å². The van der Waals surface area contributed by atoms with Gasteiger partial charge in [0.2, 0.25) is 0 Å². The van der Waals surface area contributed by atoms with Gasteiger partial charge in [0.15, 0.2) is 11.5 Å². The molecule has 4 aromatic carbocycles. The van der Waals surface area contributed by atoms with Gasteiger partial charge in [-0.2, -0.15) is 0 Å². The number of nitrogens with two attached hydrogens (primary N) is 1. The van der Waals surface area contributed by atoms with Crippen LogP contribution in [-0.4, -0.2) is 12.0 Å². The first-order chi connectivity index (χ1) is 17.9. The molecular formula is C33H38N2O2. The van der Waals surface area contributed by atoms with Gasteiger partial charge >= 0.3 is 0 Å². The number of benzene rings is 4. The molecule has 0 aliphatic rings. The first-order valence-electron chi connectivity index (χ1n) is 12.9. The number of hydrogen-bond acceptors (Lipinski definition) is 4. The van der Waals surface area contributed by atoms with Crippen LogP contribution in [0.1, 0.15) is 44.5 Å². The normalized spacial score (nSPS) is 11.1. The Morgan fingerprint density at radius 3 is 1.92 bits per heavy atom. The number of aryl methyl sites for hydroxylation is 3. The van der Waals surface area contributed by atoms with Gasteiger partial charge in [-0.25, -0.2) is 0 Å². The molecule has 0 aromatic heterocycles. The summed E-state index contributed by atoms with van der Waals surface area (Å²) in [5.74, 6) is 1.51. The van der Waals surface area contributed by atoms with Crippen molar-refractivity contribution in [1.29, 1.82) is 0 Å². The van der Waals surface area contributed by atoms with Crippen molar-refractivity contribution < 1.29 is 9.47 Å². The van der Waals surface area contributed by atoms with Crippen molar-refractivity contribution in [3.63, 3.8) is 0 Å². The summed E-state index contributed by atoms with van der Waals surface area (Å²) >= 11 is 0. The zero-order chi connectivity index (χ0) is 26.2. The van der Waals surface area contributed by atoms with E-state index in [4.69, 9.17) is 15.2 Å². The third kappa shape index (κ3) is 7.22. The maximum atomic E-state index is 6.08. The molecule has 4 aromatic rings. The standard InChI is InChI=1S/C33H38N2O2/c1-24-16-25(2)31(26(3)17-24)22-35(20-28-12-10-27(19-34)11-13-28)21-30-14-15-32(33(18-30)36-4)37-23-29-8-6-5-7-9-29/h5-18H,19-23,34H2,1-4H3. The molecule has 37 heavy (non-hydrogen) atoms. The molecular weight excluding hydrogens is 456 g/mol. The van der Waals surface area contributed by atoms with Crippen LogP contribution in [0.5, 0.6) is 11.5 Å². The summed E-state index contributed by atoms with van der Waals surface area (Å²) in [6, 6.07) is 29.6. The zero-order valence-electron chi connectivity index (χ0n) is 22.5. The molecule has 0 saturated carbocycles. The van der Waals surface area contributed by atoms with Gasteiger partial charge < -0.3 is 15.2 Å². The van der Waals surface area contributed by atoms with Gasteiger partial charge in [-0.05, 0) is 71.8 Å². The second-order valence-electron chi connectivity index (χ2n) is 9.80. The molecule has 4 nitrogen and oxygen atoms in total. The Balaban J connectivity index is 1.56. The molecule has 0 atom stereocenters. The SMILES string of the molecule is COc1cc(CN(Cc2ccc(CN)cc2)Cc2c(C)cc(C)cc2C)ccc1OCc1ccccc1. The molecule has 0 aliphatic carbocycles. The summed E-state index contributed by atoms with van der Waals surface area (Å²) in [6.07, 6.45) is 0. The Hall–Kier alpha value is -3.60. The largest absolute Gasteiger partial charge is 0.493 e. The fraction of sp³-hybridized carbons (Fsp3) is 0.273. The van der Waals surface area contributed by atoms with Gasteiger partial charge in [-0.3, -0.25) is 4.90 Å². The van der Waals surface area contributed by atoms with Crippen molar-refractivity contribution in [1.82, 2.24) is 4.90 Å². The molecule has 0 unspecified atom stereocenters. The Morgan fingerprint density at radius 1 is 0.649 bits per heavy atom. The Morgan fingerprint density at radius 2 is 1.27 bits per heavy atom. The maximum Gasteiger partial charge on any atom is 0.161 e. The van der Waals surface area contributed by atoms with Crippen LogP contribution < -0.4 is 15.2 Å². The third-order valence-corrected chi connectivity index (χ3v) is 6.76. The monoisotopic (exact) mass is 494 g/mol. The van der Waals surface area contributed by atoms with E-state index in [1.54, 1.807) is 7.11 Å². The molecule has 4 heteroatoms. The molecule has 0 heterocycles. The molecule has 0 amide bonds. The fourth-order valence-electron chi connectivity index (χ4n) is 4.81. The first kappa shape index (κ1) is 26.5. The van der Waals surface area contributed by atoms with E-state index in [0.29, 0.717) is 13.2 Å². The molecule has 0 saturated heterocycles. The van der Waals surface area contributed by atoms with Crippen molar-refractivity contribution >= 4 is 0 Å². The zero-order valence-corrected chi connectivity index (χ0v) is 22.5. The van der Waals surface area contributed by atoms with Crippen molar-refractivity contribution in [3.05, 3.63) is 129 Å². The smallest absolute Gasteiger partial charge is 0.161 e. The molecule has 0 spiro atoms. The molecule has 0 fully saturated rings.